The summed E-state index contributed by atoms with van der Waals surface area (Å²) >= 11 is 3.48. The van der Waals surface area contributed by atoms with Gasteiger partial charge in [-0.3, -0.25) is 0 Å². The molecule has 0 bridgehead atoms. The summed E-state index contributed by atoms with van der Waals surface area (Å²) in [4.78, 5) is 1.29. The van der Waals surface area contributed by atoms with Crippen molar-refractivity contribution in [2.75, 3.05) is 26.8 Å². The topological polar surface area (TPSA) is 47.0 Å². The second kappa shape index (κ2) is 8.46. The van der Waals surface area contributed by atoms with Gasteiger partial charge in [-0.25, -0.2) is 0 Å². The number of ether oxygens (including phenoxy) is 1. The summed E-state index contributed by atoms with van der Waals surface area (Å²) < 4.78 is 4.99. The Morgan fingerprint density at radius 2 is 2.20 bits per heavy atom. The van der Waals surface area contributed by atoms with Crippen molar-refractivity contribution >= 4 is 22.7 Å². The first-order chi connectivity index (χ1) is 9.85. The van der Waals surface area contributed by atoms with E-state index in [1.165, 1.54) is 10.4 Å². The van der Waals surface area contributed by atoms with Crippen molar-refractivity contribution in [2.45, 2.75) is 26.2 Å². The predicted octanol–water partition coefficient (Wildman–Crippen LogP) is 3.00. The SMILES string of the molecule is CCc1ccsc1-c1nnc(CCCNCCOC)s1. The first-order valence-corrected chi connectivity index (χ1v) is 8.63. The number of hydrogen-bond donors (Lipinski definition) is 1. The van der Waals surface area contributed by atoms with E-state index in [0.717, 1.165) is 49.0 Å². The lowest BCUT2D eigenvalue weighted by Gasteiger charge is -2.01. The number of thiophene rings is 1. The molecule has 2 aromatic heterocycles. The maximum atomic E-state index is 4.99. The van der Waals surface area contributed by atoms with Crippen LogP contribution in [0.4, 0.5) is 0 Å². The van der Waals surface area contributed by atoms with Crippen LogP contribution < -0.4 is 5.32 Å². The average molecular weight is 311 g/mol. The minimum atomic E-state index is 0.765. The highest BCUT2D eigenvalue weighted by Gasteiger charge is 2.11. The van der Waals surface area contributed by atoms with Crippen molar-refractivity contribution in [3.8, 4) is 9.88 Å². The van der Waals surface area contributed by atoms with Gasteiger partial charge in [-0.2, -0.15) is 0 Å². The molecule has 0 aliphatic heterocycles. The molecule has 4 nitrogen and oxygen atoms in total. The van der Waals surface area contributed by atoms with Gasteiger partial charge < -0.3 is 10.1 Å². The van der Waals surface area contributed by atoms with Crippen LogP contribution in [0.1, 0.15) is 23.9 Å². The molecule has 0 amide bonds. The zero-order chi connectivity index (χ0) is 14.2. The molecule has 2 aromatic rings. The predicted molar refractivity (Wildman–Crippen MR) is 85.7 cm³/mol. The van der Waals surface area contributed by atoms with Gasteiger partial charge in [0, 0.05) is 20.1 Å². The maximum absolute atomic E-state index is 4.99. The number of rotatable bonds is 9. The quantitative estimate of drug-likeness (QED) is 0.723. The van der Waals surface area contributed by atoms with Gasteiger partial charge >= 0.3 is 0 Å². The Bertz CT molecular complexity index is 510. The van der Waals surface area contributed by atoms with E-state index in [2.05, 4.69) is 33.9 Å². The van der Waals surface area contributed by atoms with Crippen LogP contribution in [0.15, 0.2) is 11.4 Å². The van der Waals surface area contributed by atoms with Gasteiger partial charge in [0.1, 0.15) is 5.01 Å². The molecule has 0 saturated carbocycles. The molecule has 0 spiro atoms. The van der Waals surface area contributed by atoms with Crippen LogP contribution in [0.3, 0.4) is 0 Å². The average Bonchev–Trinajstić information content (AvgIpc) is 3.10. The highest BCUT2D eigenvalue weighted by Crippen LogP contribution is 2.32. The van der Waals surface area contributed by atoms with E-state index in [1.54, 1.807) is 29.8 Å². The van der Waals surface area contributed by atoms with E-state index in [-0.39, 0.29) is 0 Å². The molecule has 0 aliphatic rings. The molecule has 0 aromatic carbocycles. The third kappa shape index (κ3) is 4.34. The van der Waals surface area contributed by atoms with Gasteiger partial charge in [0.15, 0.2) is 5.01 Å². The summed E-state index contributed by atoms with van der Waals surface area (Å²) in [6.45, 7) is 4.85. The van der Waals surface area contributed by atoms with Crippen molar-refractivity contribution in [1.82, 2.24) is 15.5 Å². The molecular formula is C14H21N3OS2. The largest absolute Gasteiger partial charge is 0.383 e. The molecule has 20 heavy (non-hydrogen) atoms. The van der Waals surface area contributed by atoms with Gasteiger partial charge in [-0.1, -0.05) is 18.3 Å². The highest BCUT2D eigenvalue weighted by molar-refractivity contribution is 7.20. The molecule has 0 unspecified atom stereocenters. The minimum absolute atomic E-state index is 0.765. The summed E-state index contributed by atoms with van der Waals surface area (Å²) in [5.74, 6) is 0. The van der Waals surface area contributed by atoms with Gasteiger partial charge in [-0.05, 0) is 36.4 Å². The third-order valence-corrected chi connectivity index (χ3v) is 5.11. The highest BCUT2D eigenvalue weighted by atomic mass is 32.1. The van der Waals surface area contributed by atoms with Gasteiger partial charge in [0.25, 0.3) is 0 Å². The lowest BCUT2D eigenvalue weighted by molar-refractivity contribution is 0.199. The maximum Gasteiger partial charge on any atom is 0.158 e. The van der Waals surface area contributed by atoms with Crippen LogP contribution >= 0.6 is 22.7 Å². The normalized spacial score (nSPS) is 11.1. The minimum Gasteiger partial charge on any atom is -0.383 e. The molecule has 0 fully saturated rings. The summed E-state index contributed by atoms with van der Waals surface area (Å²) in [6, 6.07) is 2.18. The summed E-state index contributed by atoms with van der Waals surface area (Å²) in [5.41, 5.74) is 1.37. The smallest absolute Gasteiger partial charge is 0.158 e. The molecule has 110 valence electrons. The van der Waals surface area contributed by atoms with Crippen molar-refractivity contribution < 1.29 is 4.74 Å². The Labute approximate surface area is 128 Å². The fourth-order valence-electron chi connectivity index (χ4n) is 1.91. The number of aromatic nitrogens is 2. The monoisotopic (exact) mass is 311 g/mol. The Kier molecular flexibility index (Phi) is 6.59. The first kappa shape index (κ1) is 15.6. The Hall–Kier alpha value is -0.820. The van der Waals surface area contributed by atoms with Crippen LogP contribution in [0.5, 0.6) is 0 Å². The fourth-order valence-corrected chi connectivity index (χ4v) is 3.91. The number of hydrogen-bond acceptors (Lipinski definition) is 6. The third-order valence-electron chi connectivity index (χ3n) is 3.02. The van der Waals surface area contributed by atoms with Crippen molar-refractivity contribution in [1.29, 1.82) is 0 Å². The van der Waals surface area contributed by atoms with E-state index >= 15 is 0 Å². The van der Waals surface area contributed by atoms with Crippen LogP contribution in [-0.4, -0.2) is 37.0 Å². The molecule has 6 heteroatoms. The Morgan fingerprint density at radius 3 is 3.00 bits per heavy atom. The van der Waals surface area contributed by atoms with E-state index in [1.807, 2.05) is 0 Å². The van der Waals surface area contributed by atoms with E-state index in [9.17, 15) is 0 Å². The molecule has 0 saturated heterocycles. The second-order valence-corrected chi connectivity index (χ2v) is 6.45. The van der Waals surface area contributed by atoms with E-state index in [4.69, 9.17) is 4.74 Å². The van der Waals surface area contributed by atoms with E-state index < -0.39 is 0 Å². The molecule has 0 atom stereocenters. The molecule has 0 aliphatic carbocycles. The van der Waals surface area contributed by atoms with Gasteiger partial charge in [0.2, 0.25) is 0 Å². The van der Waals surface area contributed by atoms with Crippen molar-refractivity contribution in [2.24, 2.45) is 0 Å². The molecule has 2 rings (SSSR count). The number of nitrogens with zero attached hydrogens (tertiary/aromatic N) is 2. The second-order valence-electron chi connectivity index (χ2n) is 4.48. The van der Waals surface area contributed by atoms with Crippen LogP contribution in [-0.2, 0) is 17.6 Å². The number of aryl methyl sites for hydroxylation is 2. The van der Waals surface area contributed by atoms with Gasteiger partial charge in [-0.15, -0.1) is 21.5 Å². The van der Waals surface area contributed by atoms with Crippen molar-refractivity contribution in [3.05, 3.63) is 22.0 Å². The molecule has 1 N–H and O–H groups in total. The Balaban J connectivity index is 1.81. The number of nitrogens with one attached hydrogen (secondary N) is 1. The zero-order valence-corrected chi connectivity index (χ0v) is 13.6. The fraction of sp³-hybridized carbons (Fsp3) is 0.571. The van der Waals surface area contributed by atoms with E-state index in [0.29, 0.717) is 0 Å². The van der Waals surface area contributed by atoms with Gasteiger partial charge in [0.05, 0.1) is 11.5 Å². The molecule has 0 radical (unpaired) electrons. The first-order valence-electron chi connectivity index (χ1n) is 6.94. The zero-order valence-electron chi connectivity index (χ0n) is 12.0. The van der Waals surface area contributed by atoms with Crippen LogP contribution in [0, 0.1) is 0 Å². The summed E-state index contributed by atoms with van der Waals surface area (Å²) in [7, 11) is 1.72. The lowest BCUT2D eigenvalue weighted by Crippen LogP contribution is -2.20. The summed E-state index contributed by atoms with van der Waals surface area (Å²) in [5, 5.41) is 16.3. The summed E-state index contributed by atoms with van der Waals surface area (Å²) in [6.07, 6.45) is 3.13. The molecule has 2 heterocycles. The lowest BCUT2D eigenvalue weighted by atomic mass is 10.2. The van der Waals surface area contributed by atoms with Crippen LogP contribution in [0.2, 0.25) is 0 Å². The number of methoxy groups -OCH3 is 1. The van der Waals surface area contributed by atoms with Crippen LogP contribution in [0.25, 0.3) is 9.88 Å². The standard InChI is InChI=1S/C14H21N3OS2/c1-3-11-6-10-19-13(11)14-17-16-12(20-14)5-4-7-15-8-9-18-2/h6,10,15H,3-5,7-9H2,1-2H3. The molecular weight excluding hydrogens is 290 g/mol. The Morgan fingerprint density at radius 1 is 1.30 bits per heavy atom. The van der Waals surface area contributed by atoms with Crippen molar-refractivity contribution in [3.63, 3.8) is 0 Å².